The number of hydrogen-bond donors (Lipinski definition) is 0. The Morgan fingerprint density at radius 1 is 0.364 bits per heavy atom. The number of rotatable bonds is 4. The third-order valence-corrected chi connectivity index (χ3v) is 11.7. The second-order valence-corrected chi connectivity index (χ2v) is 15.1. The number of hydrogen-bond acceptors (Lipinski definition) is 3. The Hall–Kier alpha value is -6.97. The van der Waals surface area contributed by atoms with Crippen LogP contribution in [-0.2, 0) is 5.41 Å². The summed E-state index contributed by atoms with van der Waals surface area (Å²) >= 11 is 0. The monoisotopic (exact) mass is 701 g/mol. The van der Waals surface area contributed by atoms with Gasteiger partial charge in [-0.05, 0) is 88.6 Å². The largest absolute Gasteiger partial charge is 0.208 e. The lowest BCUT2D eigenvalue weighted by Crippen LogP contribution is -2.15. The quantitative estimate of drug-likeness (QED) is 0.171. The molecule has 9 aromatic carbocycles. The van der Waals surface area contributed by atoms with E-state index in [9.17, 15) is 0 Å². The summed E-state index contributed by atoms with van der Waals surface area (Å²) in [7, 11) is 0. The third-order valence-electron chi connectivity index (χ3n) is 11.7. The second-order valence-electron chi connectivity index (χ2n) is 15.1. The van der Waals surface area contributed by atoms with Gasteiger partial charge in [-0.3, -0.25) is 0 Å². The van der Waals surface area contributed by atoms with Crippen LogP contribution in [0.25, 0.3) is 99.5 Å². The van der Waals surface area contributed by atoms with Crippen LogP contribution in [0.3, 0.4) is 0 Å². The number of nitrogens with zero attached hydrogens (tertiary/aromatic N) is 3. The molecule has 0 saturated heterocycles. The average Bonchev–Trinajstić information content (AvgIpc) is 3.50. The molecule has 0 fully saturated rings. The van der Waals surface area contributed by atoms with E-state index >= 15 is 0 Å². The van der Waals surface area contributed by atoms with Gasteiger partial charge in [0.15, 0.2) is 17.5 Å². The van der Waals surface area contributed by atoms with Crippen LogP contribution in [0, 0.1) is 0 Å². The predicted molar refractivity (Wildman–Crippen MR) is 229 cm³/mol. The maximum Gasteiger partial charge on any atom is 0.164 e. The van der Waals surface area contributed by atoms with Crippen molar-refractivity contribution in [1.82, 2.24) is 15.0 Å². The molecule has 0 bridgehead atoms. The van der Waals surface area contributed by atoms with E-state index in [1.165, 1.54) is 65.7 Å². The van der Waals surface area contributed by atoms with E-state index in [1.807, 2.05) is 60.7 Å². The van der Waals surface area contributed by atoms with Crippen molar-refractivity contribution in [1.29, 1.82) is 0 Å². The van der Waals surface area contributed by atoms with Gasteiger partial charge in [0.25, 0.3) is 0 Å². The highest BCUT2D eigenvalue weighted by molar-refractivity contribution is 6.26. The van der Waals surface area contributed by atoms with Crippen LogP contribution in [0.1, 0.15) is 25.0 Å². The highest BCUT2D eigenvalue weighted by atomic mass is 15.0. The molecule has 0 unspecified atom stereocenters. The van der Waals surface area contributed by atoms with E-state index in [0.29, 0.717) is 17.5 Å². The van der Waals surface area contributed by atoms with Gasteiger partial charge in [-0.15, -0.1) is 0 Å². The first-order chi connectivity index (χ1) is 27.0. The molecule has 0 saturated carbocycles. The molecule has 11 rings (SSSR count). The Morgan fingerprint density at radius 2 is 0.909 bits per heavy atom. The van der Waals surface area contributed by atoms with Gasteiger partial charge >= 0.3 is 0 Å². The van der Waals surface area contributed by atoms with E-state index in [-0.39, 0.29) is 5.41 Å². The Balaban J connectivity index is 1.10. The minimum atomic E-state index is -0.0840. The lowest BCUT2D eigenvalue weighted by atomic mass is 9.79. The normalized spacial score (nSPS) is 13.1. The fourth-order valence-electron chi connectivity index (χ4n) is 9.17. The standard InChI is InChI=1S/C52H35N3/c1-52(2)45-24-14-13-23-43(45)47-44-28-26-35-31-34(25-27-37(35)46(44)40-21-11-12-22-41(40)48(47)52)36-29-30-42(39-20-10-9-19-38(36)39)51-54-49(32-15-5-3-6-16-32)53-50(55-51)33-17-7-4-8-18-33/h3-31H,1-2H3. The molecule has 0 spiro atoms. The van der Waals surface area contributed by atoms with Gasteiger partial charge in [0, 0.05) is 22.1 Å². The smallest absolute Gasteiger partial charge is 0.164 e. The molecule has 1 heterocycles. The molecule has 3 nitrogen and oxygen atoms in total. The van der Waals surface area contributed by atoms with E-state index in [0.717, 1.165) is 27.5 Å². The summed E-state index contributed by atoms with van der Waals surface area (Å²) in [5, 5.41) is 10.1. The second kappa shape index (κ2) is 12.0. The van der Waals surface area contributed by atoms with E-state index < -0.39 is 0 Å². The van der Waals surface area contributed by atoms with Crippen LogP contribution >= 0.6 is 0 Å². The molecule has 3 heteroatoms. The van der Waals surface area contributed by atoms with Crippen molar-refractivity contribution < 1.29 is 0 Å². The SMILES string of the molecule is CC1(C)c2ccccc2-c2c1c1ccccc1c1c2ccc2cc(-c3ccc(-c4nc(-c5ccccc5)nc(-c5ccccc5)n4)c4ccccc34)ccc21. The molecule has 0 N–H and O–H groups in total. The average molecular weight is 702 g/mol. The molecule has 0 aliphatic heterocycles. The molecule has 0 amide bonds. The van der Waals surface area contributed by atoms with E-state index in [4.69, 9.17) is 15.0 Å². The van der Waals surface area contributed by atoms with Crippen molar-refractivity contribution in [3.8, 4) is 56.4 Å². The summed E-state index contributed by atoms with van der Waals surface area (Å²) in [5.74, 6) is 1.97. The maximum absolute atomic E-state index is 5.07. The van der Waals surface area contributed by atoms with Crippen molar-refractivity contribution in [2.45, 2.75) is 19.3 Å². The highest BCUT2D eigenvalue weighted by Gasteiger charge is 2.38. The third kappa shape index (κ3) is 4.79. The Labute approximate surface area is 319 Å². The summed E-state index contributed by atoms with van der Waals surface area (Å²) in [5.41, 5.74) is 10.7. The van der Waals surface area contributed by atoms with Crippen molar-refractivity contribution in [3.63, 3.8) is 0 Å². The van der Waals surface area contributed by atoms with E-state index in [1.54, 1.807) is 0 Å². The molecular formula is C52H35N3. The topological polar surface area (TPSA) is 38.7 Å². The molecular weight excluding hydrogens is 667 g/mol. The minimum Gasteiger partial charge on any atom is -0.208 e. The van der Waals surface area contributed by atoms with Crippen molar-refractivity contribution in [2.24, 2.45) is 0 Å². The fraction of sp³-hybridized carbons (Fsp3) is 0.0577. The van der Waals surface area contributed by atoms with Gasteiger partial charge in [-0.25, -0.2) is 15.0 Å². The number of fused-ring (bicyclic) bond motifs is 11. The van der Waals surface area contributed by atoms with E-state index in [2.05, 4.69) is 129 Å². The molecule has 55 heavy (non-hydrogen) atoms. The summed E-state index contributed by atoms with van der Waals surface area (Å²) in [6.07, 6.45) is 0. The van der Waals surface area contributed by atoms with Gasteiger partial charge < -0.3 is 0 Å². The summed E-state index contributed by atoms with van der Waals surface area (Å²) in [6.45, 7) is 4.76. The summed E-state index contributed by atoms with van der Waals surface area (Å²) < 4.78 is 0. The zero-order valence-corrected chi connectivity index (χ0v) is 30.6. The zero-order valence-electron chi connectivity index (χ0n) is 30.6. The Bertz CT molecular complexity index is 3110. The molecule has 1 aromatic heterocycles. The Kier molecular flexibility index (Phi) is 6.90. The summed E-state index contributed by atoms with van der Waals surface area (Å²) in [6, 6.07) is 63.0. The molecule has 258 valence electrons. The van der Waals surface area contributed by atoms with Gasteiger partial charge in [0.2, 0.25) is 0 Å². The predicted octanol–water partition coefficient (Wildman–Crippen LogP) is 13.5. The first-order valence-electron chi connectivity index (χ1n) is 19.0. The Morgan fingerprint density at radius 3 is 1.62 bits per heavy atom. The van der Waals surface area contributed by atoms with Crippen molar-refractivity contribution in [2.75, 3.05) is 0 Å². The molecule has 1 aliphatic carbocycles. The van der Waals surface area contributed by atoms with Gasteiger partial charge in [0.1, 0.15) is 0 Å². The highest BCUT2D eigenvalue weighted by Crippen LogP contribution is 2.55. The van der Waals surface area contributed by atoms with Crippen LogP contribution < -0.4 is 0 Å². The summed E-state index contributed by atoms with van der Waals surface area (Å²) in [4.78, 5) is 15.1. The molecule has 1 aliphatic rings. The first-order valence-corrected chi connectivity index (χ1v) is 19.0. The molecule has 0 radical (unpaired) electrons. The molecule has 0 atom stereocenters. The number of benzene rings is 9. The lowest BCUT2D eigenvalue weighted by molar-refractivity contribution is 0.666. The molecule has 10 aromatic rings. The maximum atomic E-state index is 5.07. The van der Waals surface area contributed by atoms with Crippen LogP contribution in [0.5, 0.6) is 0 Å². The van der Waals surface area contributed by atoms with Crippen molar-refractivity contribution in [3.05, 3.63) is 187 Å². The fourth-order valence-corrected chi connectivity index (χ4v) is 9.17. The number of aromatic nitrogens is 3. The minimum absolute atomic E-state index is 0.0840. The van der Waals surface area contributed by atoms with Crippen LogP contribution in [0.2, 0.25) is 0 Å². The first kappa shape index (κ1) is 31.5. The lowest BCUT2D eigenvalue weighted by Gasteiger charge is -2.24. The van der Waals surface area contributed by atoms with Crippen LogP contribution in [0.4, 0.5) is 0 Å². The van der Waals surface area contributed by atoms with Crippen LogP contribution in [-0.4, -0.2) is 15.0 Å². The van der Waals surface area contributed by atoms with Gasteiger partial charge in [0.05, 0.1) is 0 Å². The van der Waals surface area contributed by atoms with Gasteiger partial charge in [-0.2, -0.15) is 0 Å². The van der Waals surface area contributed by atoms with Crippen LogP contribution in [0.15, 0.2) is 176 Å². The van der Waals surface area contributed by atoms with Gasteiger partial charge in [-0.1, -0.05) is 178 Å². The van der Waals surface area contributed by atoms with Crippen molar-refractivity contribution >= 4 is 43.1 Å². The zero-order chi connectivity index (χ0) is 36.7.